The Labute approximate surface area is 127 Å². The van der Waals surface area contributed by atoms with Crippen LogP contribution in [-0.4, -0.2) is 36.2 Å². The highest BCUT2D eigenvalue weighted by atomic mass is 16.5. The number of rotatable bonds is 8. The minimum Gasteiger partial charge on any atom is -0.496 e. The van der Waals surface area contributed by atoms with Crippen molar-refractivity contribution in [2.45, 2.75) is 27.3 Å². The van der Waals surface area contributed by atoms with Crippen molar-refractivity contribution in [3.63, 3.8) is 0 Å². The monoisotopic (exact) mass is 291 g/mol. The maximum Gasteiger partial charge on any atom is 0.328 e. The normalized spacial score (nSPS) is 11.5. The molecule has 0 bridgehead atoms. The van der Waals surface area contributed by atoms with Crippen LogP contribution >= 0.6 is 0 Å². The quantitative estimate of drug-likeness (QED) is 0.747. The Morgan fingerprint density at radius 3 is 2.67 bits per heavy atom. The lowest BCUT2D eigenvalue weighted by atomic mass is 10.1. The summed E-state index contributed by atoms with van der Waals surface area (Å²) in [6, 6.07) is 5.74. The predicted octanol–water partition coefficient (Wildman–Crippen LogP) is 3.27. The fourth-order valence-corrected chi connectivity index (χ4v) is 2.26. The average Bonchev–Trinajstić information content (AvgIpc) is 2.44. The molecular formula is C17H25NO3. The van der Waals surface area contributed by atoms with Gasteiger partial charge in [-0.05, 0) is 36.2 Å². The molecule has 0 radical (unpaired) electrons. The molecule has 116 valence electrons. The van der Waals surface area contributed by atoms with Gasteiger partial charge >= 0.3 is 5.97 Å². The molecule has 0 aliphatic heterocycles. The van der Waals surface area contributed by atoms with Crippen molar-refractivity contribution in [1.82, 2.24) is 4.90 Å². The molecule has 0 aliphatic rings. The molecule has 0 fully saturated rings. The number of nitrogens with zero attached hydrogens (tertiary/aromatic N) is 1. The van der Waals surface area contributed by atoms with E-state index in [-0.39, 0.29) is 0 Å². The third-order valence-corrected chi connectivity index (χ3v) is 3.19. The van der Waals surface area contributed by atoms with Crippen LogP contribution in [0.1, 0.15) is 31.9 Å². The molecule has 1 N–H and O–H groups in total. The summed E-state index contributed by atoms with van der Waals surface area (Å²) < 4.78 is 5.41. The largest absolute Gasteiger partial charge is 0.496 e. The van der Waals surface area contributed by atoms with Gasteiger partial charge in [-0.15, -0.1) is 0 Å². The van der Waals surface area contributed by atoms with Crippen LogP contribution in [0.3, 0.4) is 0 Å². The predicted molar refractivity (Wildman–Crippen MR) is 85.5 cm³/mol. The number of carboxylic acids is 1. The summed E-state index contributed by atoms with van der Waals surface area (Å²) in [5, 5.41) is 8.71. The van der Waals surface area contributed by atoms with E-state index in [0.29, 0.717) is 5.92 Å². The summed E-state index contributed by atoms with van der Waals surface area (Å²) in [7, 11) is 1.66. The Morgan fingerprint density at radius 1 is 1.43 bits per heavy atom. The SMILES string of the molecule is CCN(Cc1cc(C=CC(=O)O)ccc1OC)CC(C)C. The Kier molecular flexibility index (Phi) is 6.96. The van der Waals surface area contributed by atoms with Crippen molar-refractivity contribution in [3.05, 3.63) is 35.4 Å². The topological polar surface area (TPSA) is 49.8 Å². The fourth-order valence-electron chi connectivity index (χ4n) is 2.26. The van der Waals surface area contributed by atoms with E-state index in [1.54, 1.807) is 13.2 Å². The van der Waals surface area contributed by atoms with Crippen LogP contribution in [-0.2, 0) is 11.3 Å². The molecule has 4 heteroatoms. The molecule has 0 aliphatic carbocycles. The number of hydrogen-bond acceptors (Lipinski definition) is 3. The highest BCUT2D eigenvalue weighted by Gasteiger charge is 2.10. The molecule has 0 unspecified atom stereocenters. The Balaban J connectivity index is 2.96. The summed E-state index contributed by atoms with van der Waals surface area (Å²) in [6.07, 6.45) is 2.75. The molecule has 0 saturated carbocycles. The number of benzene rings is 1. The third kappa shape index (κ3) is 6.00. The average molecular weight is 291 g/mol. The van der Waals surface area contributed by atoms with Gasteiger partial charge in [0.25, 0.3) is 0 Å². The van der Waals surface area contributed by atoms with Gasteiger partial charge in [0.2, 0.25) is 0 Å². The summed E-state index contributed by atoms with van der Waals surface area (Å²) in [6.45, 7) is 9.33. The third-order valence-electron chi connectivity index (χ3n) is 3.19. The number of ether oxygens (including phenoxy) is 1. The number of carbonyl (C=O) groups is 1. The number of carboxylic acid groups (broad SMARTS) is 1. The first-order valence-electron chi connectivity index (χ1n) is 7.26. The molecule has 1 aromatic rings. The minimum atomic E-state index is -0.942. The maximum atomic E-state index is 10.6. The molecule has 21 heavy (non-hydrogen) atoms. The zero-order chi connectivity index (χ0) is 15.8. The first-order valence-corrected chi connectivity index (χ1v) is 7.26. The first kappa shape index (κ1) is 17.2. The first-order chi connectivity index (χ1) is 9.96. The molecule has 1 rings (SSSR count). The zero-order valence-corrected chi connectivity index (χ0v) is 13.3. The van der Waals surface area contributed by atoms with Crippen LogP contribution in [0.4, 0.5) is 0 Å². The Bertz CT molecular complexity index is 495. The molecule has 0 amide bonds. The van der Waals surface area contributed by atoms with Gasteiger partial charge in [-0.1, -0.05) is 26.8 Å². The van der Waals surface area contributed by atoms with Gasteiger partial charge in [0.05, 0.1) is 7.11 Å². The van der Waals surface area contributed by atoms with Gasteiger partial charge < -0.3 is 9.84 Å². The Morgan fingerprint density at radius 2 is 2.14 bits per heavy atom. The lowest BCUT2D eigenvalue weighted by molar-refractivity contribution is -0.131. The van der Waals surface area contributed by atoms with E-state index in [1.165, 1.54) is 0 Å². The van der Waals surface area contributed by atoms with E-state index in [0.717, 1.165) is 42.6 Å². The van der Waals surface area contributed by atoms with E-state index in [2.05, 4.69) is 25.7 Å². The highest BCUT2D eigenvalue weighted by Crippen LogP contribution is 2.22. The molecule has 0 aromatic heterocycles. The molecule has 1 aromatic carbocycles. The lowest BCUT2D eigenvalue weighted by Crippen LogP contribution is -2.27. The van der Waals surface area contributed by atoms with E-state index >= 15 is 0 Å². The summed E-state index contributed by atoms with van der Waals surface area (Å²) in [5.74, 6) is 0.498. The van der Waals surface area contributed by atoms with Crippen molar-refractivity contribution in [2.75, 3.05) is 20.2 Å². The molecule has 0 atom stereocenters. The molecule has 0 saturated heterocycles. The highest BCUT2D eigenvalue weighted by molar-refractivity contribution is 5.85. The van der Waals surface area contributed by atoms with E-state index in [1.807, 2.05) is 18.2 Å². The van der Waals surface area contributed by atoms with Gasteiger partial charge in [-0.3, -0.25) is 4.90 Å². The second-order valence-corrected chi connectivity index (χ2v) is 5.46. The van der Waals surface area contributed by atoms with Gasteiger partial charge in [0.15, 0.2) is 0 Å². The van der Waals surface area contributed by atoms with Crippen LogP contribution in [0, 0.1) is 5.92 Å². The molecular weight excluding hydrogens is 266 g/mol. The second kappa shape index (κ2) is 8.47. The van der Waals surface area contributed by atoms with Gasteiger partial charge in [0, 0.05) is 24.7 Å². The summed E-state index contributed by atoms with van der Waals surface area (Å²) in [4.78, 5) is 13.0. The van der Waals surface area contributed by atoms with Crippen LogP contribution in [0.2, 0.25) is 0 Å². The lowest BCUT2D eigenvalue weighted by Gasteiger charge is -2.23. The van der Waals surface area contributed by atoms with E-state index in [9.17, 15) is 4.79 Å². The zero-order valence-electron chi connectivity index (χ0n) is 13.3. The van der Waals surface area contributed by atoms with E-state index < -0.39 is 5.97 Å². The van der Waals surface area contributed by atoms with Gasteiger partial charge in [0.1, 0.15) is 5.75 Å². The number of aliphatic carboxylic acids is 1. The van der Waals surface area contributed by atoms with Crippen molar-refractivity contribution in [3.8, 4) is 5.75 Å². The molecule has 4 nitrogen and oxygen atoms in total. The van der Waals surface area contributed by atoms with E-state index in [4.69, 9.17) is 9.84 Å². The van der Waals surface area contributed by atoms with Crippen molar-refractivity contribution in [1.29, 1.82) is 0 Å². The fraction of sp³-hybridized carbons (Fsp3) is 0.471. The van der Waals surface area contributed by atoms with Crippen LogP contribution in [0.25, 0.3) is 6.08 Å². The van der Waals surface area contributed by atoms with Crippen LogP contribution < -0.4 is 4.74 Å². The van der Waals surface area contributed by atoms with Crippen LogP contribution in [0.15, 0.2) is 24.3 Å². The number of hydrogen-bond donors (Lipinski definition) is 1. The van der Waals surface area contributed by atoms with Crippen molar-refractivity contribution in [2.24, 2.45) is 5.92 Å². The van der Waals surface area contributed by atoms with Crippen molar-refractivity contribution < 1.29 is 14.6 Å². The van der Waals surface area contributed by atoms with Crippen molar-refractivity contribution >= 4 is 12.0 Å². The smallest absolute Gasteiger partial charge is 0.328 e. The minimum absolute atomic E-state index is 0.603. The maximum absolute atomic E-state index is 10.6. The molecule has 0 heterocycles. The van der Waals surface area contributed by atoms with Crippen LogP contribution in [0.5, 0.6) is 5.75 Å². The van der Waals surface area contributed by atoms with Gasteiger partial charge in [-0.25, -0.2) is 4.79 Å². The standard InChI is InChI=1S/C17H25NO3/c1-5-18(11-13(2)3)12-15-10-14(7-9-17(19)20)6-8-16(15)21-4/h6-10,13H,5,11-12H2,1-4H3,(H,19,20). The second-order valence-electron chi connectivity index (χ2n) is 5.46. The molecule has 0 spiro atoms. The van der Waals surface area contributed by atoms with Gasteiger partial charge in [-0.2, -0.15) is 0 Å². The number of methoxy groups -OCH3 is 1. The summed E-state index contributed by atoms with van der Waals surface area (Å²) in [5.41, 5.74) is 1.95. The summed E-state index contributed by atoms with van der Waals surface area (Å²) >= 11 is 0. The Hall–Kier alpha value is -1.81.